The monoisotopic (exact) mass is 998 g/mol. The van der Waals surface area contributed by atoms with Crippen molar-refractivity contribution >= 4 is 52.7 Å². The van der Waals surface area contributed by atoms with Gasteiger partial charge in [0.2, 0.25) is 41.4 Å². The number of hydrogen-bond donors (Lipinski definition) is 5. The van der Waals surface area contributed by atoms with Crippen molar-refractivity contribution in [2.45, 2.75) is 155 Å². The third-order valence-corrected chi connectivity index (χ3v) is 14.5. The molecule has 1 aliphatic rings. The Bertz CT molecular complexity index is 1970. The molecule has 0 bridgehead atoms. The van der Waals surface area contributed by atoms with Gasteiger partial charge in [-0.1, -0.05) is 85.2 Å². The van der Waals surface area contributed by atoms with Crippen molar-refractivity contribution < 1.29 is 43.0 Å². The van der Waals surface area contributed by atoms with Gasteiger partial charge in [-0.2, -0.15) is 0 Å². The van der Waals surface area contributed by atoms with E-state index in [2.05, 4.69) is 26.3 Å². The molecule has 392 valence electrons. The summed E-state index contributed by atoms with van der Waals surface area (Å²) in [5.41, 5.74) is 6.66. The molecular formula is C51H83N9O9S. The number of carbonyl (C=O) groups excluding carboxylic acids is 7. The molecule has 10 atom stereocenters. The molecule has 70 heavy (non-hydrogen) atoms. The van der Waals surface area contributed by atoms with Gasteiger partial charge in [-0.3, -0.25) is 33.6 Å². The summed E-state index contributed by atoms with van der Waals surface area (Å²) in [5, 5.41) is 14.1. The summed E-state index contributed by atoms with van der Waals surface area (Å²) in [5.74, 6) is -4.24. The predicted molar refractivity (Wildman–Crippen MR) is 271 cm³/mol. The molecule has 1 unspecified atom stereocenters. The number of benzene rings is 1. The third kappa shape index (κ3) is 16.8. The number of carbonyl (C=O) groups is 7. The van der Waals surface area contributed by atoms with E-state index in [1.165, 1.54) is 37.3 Å². The minimum atomic E-state index is -1.01. The average Bonchev–Trinajstić information content (AvgIpc) is 4.05. The van der Waals surface area contributed by atoms with E-state index in [0.29, 0.717) is 51.6 Å². The Morgan fingerprint density at radius 3 is 2.13 bits per heavy atom. The van der Waals surface area contributed by atoms with Crippen LogP contribution in [0.3, 0.4) is 0 Å². The van der Waals surface area contributed by atoms with E-state index in [4.69, 9.17) is 15.2 Å². The number of likely N-dealkylation sites (N-methyl/N-ethyl adjacent to an activating group) is 2. The number of unbranched alkanes of at least 4 members (excludes halogenated alkanes) is 1. The molecule has 19 heteroatoms. The van der Waals surface area contributed by atoms with Crippen molar-refractivity contribution in [2.75, 3.05) is 47.9 Å². The number of aromatic nitrogens is 1. The first kappa shape index (κ1) is 59.3. The largest absolute Gasteiger partial charge is 0.379 e. The van der Waals surface area contributed by atoms with Crippen LogP contribution in [0, 0.1) is 23.7 Å². The number of rotatable bonds is 29. The third-order valence-electron chi connectivity index (χ3n) is 13.6. The maximum Gasteiger partial charge on any atom is 0.245 e. The number of hydrogen-bond acceptors (Lipinski definition) is 12. The predicted octanol–water partition coefficient (Wildman–Crippen LogP) is 3.84. The van der Waals surface area contributed by atoms with Gasteiger partial charge in [0.05, 0.1) is 49.2 Å². The van der Waals surface area contributed by atoms with Gasteiger partial charge in [0.1, 0.15) is 23.1 Å². The molecule has 1 fully saturated rings. The summed E-state index contributed by atoms with van der Waals surface area (Å²) in [6.07, 6.45) is 4.56. The Labute approximate surface area is 420 Å². The Balaban J connectivity index is 1.76. The number of nitrogens with two attached hydrogens (primary N) is 1. The van der Waals surface area contributed by atoms with Crippen LogP contribution < -0.4 is 27.0 Å². The Morgan fingerprint density at radius 1 is 0.886 bits per heavy atom. The van der Waals surface area contributed by atoms with Gasteiger partial charge in [0, 0.05) is 53.4 Å². The zero-order valence-corrected chi connectivity index (χ0v) is 44.5. The van der Waals surface area contributed by atoms with E-state index in [0.717, 1.165) is 17.0 Å². The van der Waals surface area contributed by atoms with Crippen LogP contribution in [-0.2, 0) is 49.5 Å². The van der Waals surface area contributed by atoms with Crippen molar-refractivity contribution in [1.29, 1.82) is 0 Å². The quantitative estimate of drug-likeness (QED) is 0.0735. The Morgan fingerprint density at radius 2 is 1.57 bits per heavy atom. The first-order chi connectivity index (χ1) is 33.2. The molecule has 18 nitrogen and oxygen atoms in total. The summed E-state index contributed by atoms with van der Waals surface area (Å²) in [6.45, 7) is 14.9. The van der Waals surface area contributed by atoms with E-state index in [1.54, 1.807) is 44.0 Å². The fourth-order valence-corrected chi connectivity index (χ4v) is 10.2. The van der Waals surface area contributed by atoms with Crippen LogP contribution in [0.15, 0.2) is 41.9 Å². The Hall–Kier alpha value is -4.98. The van der Waals surface area contributed by atoms with Crippen molar-refractivity contribution in [1.82, 2.24) is 41.0 Å². The lowest BCUT2D eigenvalue weighted by Gasteiger charge is -2.41. The molecule has 1 aromatic carbocycles. The highest BCUT2D eigenvalue weighted by atomic mass is 32.1. The van der Waals surface area contributed by atoms with Gasteiger partial charge < -0.3 is 51.2 Å². The molecule has 7 amide bonds. The molecule has 0 aliphatic carbocycles. The van der Waals surface area contributed by atoms with E-state index in [1.807, 2.05) is 70.3 Å². The average molecular weight is 998 g/mol. The highest BCUT2D eigenvalue weighted by Crippen LogP contribution is 2.31. The van der Waals surface area contributed by atoms with Crippen molar-refractivity contribution in [3.05, 3.63) is 52.5 Å². The normalized spacial score (nSPS) is 17.6. The molecular weight excluding hydrogens is 915 g/mol. The zero-order chi connectivity index (χ0) is 52.2. The van der Waals surface area contributed by atoms with Gasteiger partial charge in [-0.15, -0.1) is 11.3 Å². The highest BCUT2D eigenvalue weighted by Gasteiger charge is 2.44. The highest BCUT2D eigenvalue weighted by molar-refractivity contribution is 7.09. The summed E-state index contributed by atoms with van der Waals surface area (Å²) in [6, 6.07) is 5.77. The lowest BCUT2D eigenvalue weighted by atomic mass is 9.89. The fraction of sp³-hybridized carbons (Fsp3) is 0.686. The van der Waals surface area contributed by atoms with Gasteiger partial charge in [0.25, 0.3) is 0 Å². The van der Waals surface area contributed by atoms with Crippen molar-refractivity contribution in [3.8, 4) is 0 Å². The van der Waals surface area contributed by atoms with Crippen molar-refractivity contribution in [3.63, 3.8) is 0 Å². The molecule has 2 heterocycles. The van der Waals surface area contributed by atoms with Crippen molar-refractivity contribution in [2.24, 2.45) is 29.4 Å². The van der Waals surface area contributed by atoms with Gasteiger partial charge in [0.15, 0.2) is 0 Å². The number of amides is 7. The smallest absolute Gasteiger partial charge is 0.245 e. The second kappa shape index (κ2) is 29.4. The number of nitrogens with zero attached hydrogens (tertiary/aromatic N) is 4. The van der Waals surface area contributed by atoms with Gasteiger partial charge >= 0.3 is 0 Å². The number of likely N-dealkylation sites (tertiary alicyclic amines) is 1. The van der Waals surface area contributed by atoms with Crippen LogP contribution >= 0.6 is 11.3 Å². The van der Waals surface area contributed by atoms with Crippen LogP contribution in [-0.4, -0.2) is 151 Å². The van der Waals surface area contributed by atoms with E-state index in [9.17, 15) is 33.6 Å². The Kier molecular flexibility index (Phi) is 24.9. The number of nitrogens with one attached hydrogen (secondary N) is 4. The van der Waals surface area contributed by atoms with Crippen LogP contribution in [0.1, 0.15) is 117 Å². The first-order valence-corrected chi connectivity index (χ1v) is 25.8. The second-order valence-corrected chi connectivity index (χ2v) is 20.3. The molecule has 6 N–H and O–H groups in total. The SMILES string of the molecule is CC[C@H](C)[C@@H]([C@@H](CC(=O)N1CCC[C@H]1C(OC)[C@@H](C)C(=O)N[C@@H](Cc1ccccc1)c1nccs1)OC)N(C)C(=O)[C@@H](NC(=O)[C@H](C(C)C)N(C)C(=O)CNC(=O)[C@H](CCCCN)NC(C)=O)C(C)C. The van der Waals surface area contributed by atoms with Crippen LogP contribution in [0.4, 0.5) is 0 Å². The molecule has 1 aromatic heterocycles. The number of ether oxygens (including phenoxy) is 2. The van der Waals surface area contributed by atoms with E-state index < -0.39 is 66.6 Å². The van der Waals surface area contributed by atoms with Crippen LogP contribution in [0.5, 0.6) is 0 Å². The minimum absolute atomic E-state index is 0.0450. The maximum atomic E-state index is 14.7. The summed E-state index contributed by atoms with van der Waals surface area (Å²) >= 11 is 1.48. The molecule has 2 aromatic rings. The number of methoxy groups -OCH3 is 2. The molecule has 0 spiro atoms. The van der Waals surface area contributed by atoms with E-state index in [-0.39, 0.29) is 59.9 Å². The van der Waals surface area contributed by atoms with Gasteiger partial charge in [-0.25, -0.2) is 4.98 Å². The summed E-state index contributed by atoms with van der Waals surface area (Å²) in [4.78, 5) is 105. The number of thiazole rings is 1. The van der Waals surface area contributed by atoms with Crippen LogP contribution in [0.2, 0.25) is 0 Å². The summed E-state index contributed by atoms with van der Waals surface area (Å²) < 4.78 is 12.1. The van der Waals surface area contributed by atoms with E-state index >= 15 is 0 Å². The molecule has 0 radical (unpaired) electrons. The lowest BCUT2D eigenvalue weighted by Crippen LogP contribution is -2.60. The molecule has 1 aliphatic heterocycles. The lowest BCUT2D eigenvalue weighted by molar-refractivity contribution is -0.148. The standard InChI is InChI=1S/C51H83N9O9S/c1-13-33(6)45(59(10)51(67)43(31(2)3)57-49(66)44(32(4)5)58(9)42(63)30-54-48(65)37(55-35(8)61)22-17-18-24-52)40(68-11)29-41(62)60-26-19-23-39(60)46(69-12)34(7)47(64)56-38(50-53-25-27-70-50)28-36-20-15-14-16-21-36/h14-16,20-21,25,27,31-34,37-40,43-46H,13,17-19,22-24,26,28-30,52H2,1-12H3,(H,54,65)(H,55,61)(H,56,64)(H,57,66)/t33-,34+,37-,38-,39-,40+,43-,44-,45-,46?/m0/s1. The fourth-order valence-electron chi connectivity index (χ4n) is 9.54. The molecule has 0 saturated carbocycles. The maximum absolute atomic E-state index is 14.7. The van der Waals surface area contributed by atoms with Gasteiger partial charge in [-0.05, 0) is 68.4 Å². The molecule has 3 rings (SSSR count). The summed E-state index contributed by atoms with van der Waals surface area (Å²) in [7, 11) is 6.23. The molecule has 1 saturated heterocycles. The zero-order valence-electron chi connectivity index (χ0n) is 43.7. The second-order valence-electron chi connectivity index (χ2n) is 19.4. The van der Waals surface area contributed by atoms with Crippen LogP contribution in [0.25, 0.3) is 0 Å². The minimum Gasteiger partial charge on any atom is -0.379 e. The topological polar surface area (TPSA) is 235 Å². The first-order valence-electron chi connectivity index (χ1n) is 24.9.